The van der Waals surface area contributed by atoms with Crippen molar-refractivity contribution in [1.29, 1.82) is 5.26 Å². The zero-order valence-electron chi connectivity index (χ0n) is 9.02. The Balaban J connectivity index is 2.44. The molecule has 2 N–H and O–H groups in total. The number of rotatable bonds is 2. The van der Waals surface area contributed by atoms with Crippen molar-refractivity contribution in [3.63, 3.8) is 0 Å². The summed E-state index contributed by atoms with van der Waals surface area (Å²) in [6.07, 6.45) is 1.51. The van der Waals surface area contributed by atoms with Gasteiger partial charge in [-0.05, 0) is 24.3 Å². The zero-order chi connectivity index (χ0) is 13.1. The Morgan fingerprint density at radius 2 is 1.94 bits per heavy atom. The molecule has 90 valence electrons. The summed E-state index contributed by atoms with van der Waals surface area (Å²) < 4.78 is 5.46. The molecule has 0 saturated carbocycles. The van der Waals surface area contributed by atoms with Gasteiger partial charge in [-0.1, -0.05) is 23.2 Å². The molecule has 0 aliphatic heterocycles. The number of nitriles is 1. The standard InChI is InChI=1S/C12H7Cl2N3O/c13-9-4-8(16)5-10(14)11(9)18-12-7(6-15)2-1-3-17-12/h1-5H,16H2. The third kappa shape index (κ3) is 2.48. The molecule has 0 fully saturated rings. The Labute approximate surface area is 114 Å². The average Bonchev–Trinajstić information content (AvgIpc) is 2.34. The molecule has 0 spiro atoms. The van der Waals surface area contributed by atoms with Gasteiger partial charge in [0, 0.05) is 11.9 Å². The van der Waals surface area contributed by atoms with Crippen molar-refractivity contribution in [1.82, 2.24) is 4.98 Å². The van der Waals surface area contributed by atoms with Crippen molar-refractivity contribution in [3.8, 4) is 17.7 Å². The fourth-order valence-electron chi connectivity index (χ4n) is 1.33. The van der Waals surface area contributed by atoms with E-state index in [2.05, 4.69) is 4.98 Å². The molecule has 0 amide bonds. The van der Waals surface area contributed by atoms with Crippen molar-refractivity contribution < 1.29 is 4.74 Å². The molecule has 4 nitrogen and oxygen atoms in total. The number of aromatic nitrogens is 1. The highest BCUT2D eigenvalue weighted by Crippen LogP contribution is 2.38. The van der Waals surface area contributed by atoms with E-state index in [4.69, 9.17) is 38.9 Å². The lowest BCUT2D eigenvalue weighted by Crippen LogP contribution is -1.94. The van der Waals surface area contributed by atoms with Crippen molar-refractivity contribution in [2.45, 2.75) is 0 Å². The van der Waals surface area contributed by atoms with Gasteiger partial charge in [0.05, 0.1) is 10.0 Å². The predicted molar refractivity (Wildman–Crippen MR) is 69.9 cm³/mol. The molecule has 0 bridgehead atoms. The third-order valence-electron chi connectivity index (χ3n) is 2.11. The maximum atomic E-state index is 8.92. The number of pyridine rings is 1. The number of anilines is 1. The first-order chi connectivity index (χ1) is 8.61. The largest absolute Gasteiger partial charge is 0.435 e. The summed E-state index contributed by atoms with van der Waals surface area (Å²) in [6.45, 7) is 0. The monoisotopic (exact) mass is 279 g/mol. The topological polar surface area (TPSA) is 71.9 Å². The minimum Gasteiger partial charge on any atom is -0.435 e. The van der Waals surface area contributed by atoms with Crippen LogP contribution in [0.15, 0.2) is 30.5 Å². The molecule has 2 aromatic rings. The Hall–Kier alpha value is -1.96. The van der Waals surface area contributed by atoms with E-state index in [1.807, 2.05) is 6.07 Å². The summed E-state index contributed by atoms with van der Waals surface area (Å²) in [4.78, 5) is 3.96. The highest BCUT2D eigenvalue weighted by atomic mass is 35.5. The molecule has 0 atom stereocenters. The van der Waals surface area contributed by atoms with Crippen LogP contribution < -0.4 is 10.5 Å². The first-order valence-corrected chi connectivity index (χ1v) is 5.65. The lowest BCUT2D eigenvalue weighted by atomic mass is 10.3. The van der Waals surface area contributed by atoms with E-state index in [1.165, 1.54) is 18.3 Å². The summed E-state index contributed by atoms with van der Waals surface area (Å²) in [5.41, 5.74) is 6.31. The summed E-state index contributed by atoms with van der Waals surface area (Å²) in [7, 11) is 0. The van der Waals surface area contributed by atoms with Crippen LogP contribution in [0, 0.1) is 11.3 Å². The molecule has 1 heterocycles. The molecule has 2 rings (SSSR count). The fourth-order valence-corrected chi connectivity index (χ4v) is 1.91. The number of nitrogens with zero attached hydrogens (tertiary/aromatic N) is 2. The fraction of sp³-hybridized carbons (Fsp3) is 0. The van der Waals surface area contributed by atoms with E-state index in [1.54, 1.807) is 12.1 Å². The van der Waals surface area contributed by atoms with Crippen LogP contribution in [0.3, 0.4) is 0 Å². The number of benzene rings is 1. The number of hydrogen-bond donors (Lipinski definition) is 1. The van der Waals surface area contributed by atoms with E-state index in [0.717, 1.165) is 0 Å². The van der Waals surface area contributed by atoms with E-state index < -0.39 is 0 Å². The lowest BCUT2D eigenvalue weighted by Gasteiger charge is -2.10. The smallest absolute Gasteiger partial charge is 0.237 e. The molecule has 0 radical (unpaired) electrons. The van der Waals surface area contributed by atoms with Gasteiger partial charge in [-0.2, -0.15) is 5.26 Å². The molecular weight excluding hydrogens is 273 g/mol. The minimum atomic E-state index is 0.147. The van der Waals surface area contributed by atoms with E-state index >= 15 is 0 Å². The van der Waals surface area contributed by atoms with Crippen molar-refractivity contribution in [2.24, 2.45) is 0 Å². The van der Waals surface area contributed by atoms with Crippen LogP contribution in [0.5, 0.6) is 11.6 Å². The Morgan fingerprint density at radius 3 is 2.56 bits per heavy atom. The molecule has 0 saturated heterocycles. The van der Waals surface area contributed by atoms with Crippen LogP contribution >= 0.6 is 23.2 Å². The Bertz CT molecular complexity index is 614. The molecule has 6 heteroatoms. The lowest BCUT2D eigenvalue weighted by molar-refractivity contribution is 0.462. The molecule has 0 unspecified atom stereocenters. The summed E-state index contributed by atoms with van der Waals surface area (Å²) in [6, 6.07) is 8.21. The van der Waals surface area contributed by atoms with E-state index in [-0.39, 0.29) is 21.7 Å². The maximum Gasteiger partial charge on any atom is 0.237 e. The zero-order valence-corrected chi connectivity index (χ0v) is 10.5. The normalized spacial score (nSPS) is 9.83. The summed E-state index contributed by atoms with van der Waals surface area (Å²) in [5, 5.41) is 9.44. The first-order valence-electron chi connectivity index (χ1n) is 4.89. The van der Waals surface area contributed by atoms with Gasteiger partial charge in [0.15, 0.2) is 5.75 Å². The maximum absolute atomic E-state index is 8.92. The number of nitrogen functional groups attached to an aromatic ring is 1. The van der Waals surface area contributed by atoms with Crippen LogP contribution in [0.2, 0.25) is 10.0 Å². The van der Waals surface area contributed by atoms with Gasteiger partial charge in [-0.25, -0.2) is 4.98 Å². The highest BCUT2D eigenvalue weighted by Gasteiger charge is 2.13. The van der Waals surface area contributed by atoms with Gasteiger partial charge < -0.3 is 10.5 Å². The second-order valence-electron chi connectivity index (χ2n) is 3.38. The molecule has 1 aromatic carbocycles. The van der Waals surface area contributed by atoms with Crippen molar-refractivity contribution >= 4 is 28.9 Å². The summed E-state index contributed by atoms with van der Waals surface area (Å²) in [5.74, 6) is 0.372. The van der Waals surface area contributed by atoms with Crippen LogP contribution in [0.4, 0.5) is 5.69 Å². The third-order valence-corrected chi connectivity index (χ3v) is 2.67. The van der Waals surface area contributed by atoms with Crippen LogP contribution in [-0.2, 0) is 0 Å². The second-order valence-corrected chi connectivity index (χ2v) is 4.20. The van der Waals surface area contributed by atoms with Gasteiger partial charge >= 0.3 is 0 Å². The average molecular weight is 280 g/mol. The van der Waals surface area contributed by atoms with Gasteiger partial charge in [0.25, 0.3) is 0 Å². The highest BCUT2D eigenvalue weighted by molar-refractivity contribution is 6.37. The predicted octanol–water partition coefficient (Wildman–Crippen LogP) is 3.63. The summed E-state index contributed by atoms with van der Waals surface area (Å²) >= 11 is 12.0. The van der Waals surface area contributed by atoms with Gasteiger partial charge in [0.1, 0.15) is 11.6 Å². The van der Waals surface area contributed by atoms with Crippen LogP contribution in [0.25, 0.3) is 0 Å². The van der Waals surface area contributed by atoms with Crippen LogP contribution in [0.1, 0.15) is 5.56 Å². The Morgan fingerprint density at radius 1 is 1.28 bits per heavy atom. The molecular formula is C12H7Cl2N3O. The van der Waals surface area contributed by atoms with E-state index in [0.29, 0.717) is 11.3 Å². The number of ether oxygens (including phenoxy) is 1. The van der Waals surface area contributed by atoms with Gasteiger partial charge in [-0.15, -0.1) is 0 Å². The van der Waals surface area contributed by atoms with E-state index in [9.17, 15) is 0 Å². The van der Waals surface area contributed by atoms with Gasteiger partial charge in [0.2, 0.25) is 5.88 Å². The number of hydrogen-bond acceptors (Lipinski definition) is 4. The number of halogens is 2. The molecule has 0 aliphatic carbocycles. The molecule has 18 heavy (non-hydrogen) atoms. The number of nitrogens with two attached hydrogens (primary N) is 1. The SMILES string of the molecule is N#Cc1cccnc1Oc1c(Cl)cc(N)cc1Cl. The first kappa shape index (κ1) is 12.5. The van der Waals surface area contributed by atoms with Crippen LogP contribution in [-0.4, -0.2) is 4.98 Å². The minimum absolute atomic E-state index is 0.147. The second kappa shape index (κ2) is 5.13. The van der Waals surface area contributed by atoms with Crippen molar-refractivity contribution in [3.05, 3.63) is 46.1 Å². The molecule has 0 aliphatic rings. The van der Waals surface area contributed by atoms with Crippen molar-refractivity contribution in [2.75, 3.05) is 5.73 Å². The van der Waals surface area contributed by atoms with Gasteiger partial charge in [-0.3, -0.25) is 0 Å². The quantitative estimate of drug-likeness (QED) is 0.852. The Kier molecular flexibility index (Phi) is 3.56. The molecule has 1 aromatic heterocycles.